The first-order valence-corrected chi connectivity index (χ1v) is 9.40. The standard InChI is InChI=1S/C21H14ClF2N3O4/c1-10-14(22)4-3-13-12(9-25-19(10)13)8-17-20(29)27(21(30)26-17)31-18(28)7-11-2-5-15(23)16(24)6-11/h2-6,8-9,25H,7H2,1H3,(H,26,30)/b17-8-. The minimum Gasteiger partial charge on any atom is -0.360 e. The number of halogens is 3. The summed E-state index contributed by atoms with van der Waals surface area (Å²) in [6, 6.07) is 5.43. The highest BCUT2D eigenvalue weighted by Crippen LogP contribution is 2.28. The van der Waals surface area contributed by atoms with Crippen molar-refractivity contribution in [1.82, 2.24) is 15.4 Å². The third-order valence-electron chi connectivity index (χ3n) is 4.75. The van der Waals surface area contributed by atoms with Crippen LogP contribution in [0, 0.1) is 18.6 Å². The number of hydrogen-bond donors (Lipinski definition) is 2. The Morgan fingerprint density at radius 1 is 1.19 bits per heavy atom. The molecule has 1 saturated heterocycles. The molecule has 7 nitrogen and oxygen atoms in total. The Balaban J connectivity index is 1.52. The number of hydroxylamine groups is 2. The van der Waals surface area contributed by atoms with Gasteiger partial charge >= 0.3 is 17.9 Å². The molecule has 4 rings (SSSR count). The lowest BCUT2D eigenvalue weighted by atomic mass is 10.1. The number of nitrogens with one attached hydrogen (secondary N) is 2. The Labute approximate surface area is 179 Å². The Morgan fingerprint density at radius 3 is 2.71 bits per heavy atom. The highest BCUT2D eigenvalue weighted by atomic mass is 35.5. The van der Waals surface area contributed by atoms with E-state index in [1.807, 2.05) is 6.92 Å². The summed E-state index contributed by atoms with van der Waals surface area (Å²) in [4.78, 5) is 44.6. The average Bonchev–Trinajstić information content (AvgIpc) is 3.24. The number of aryl methyl sites for hydroxylation is 1. The van der Waals surface area contributed by atoms with Crippen LogP contribution < -0.4 is 5.32 Å². The summed E-state index contributed by atoms with van der Waals surface area (Å²) in [5.74, 6) is -4.05. The maximum absolute atomic E-state index is 13.3. The number of benzene rings is 2. The van der Waals surface area contributed by atoms with Gasteiger partial charge in [0, 0.05) is 22.2 Å². The van der Waals surface area contributed by atoms with Crippen LogP contribution in [0.15, 0.2) is 42.2 Å². The van der Waals surface area contributed by atoms with Crippen molar-refractivity contribution in [1.29, 1.82) is 0 Å². The highest BCUT2D eigenvalue weighted by Gasteiger charge is 2.37. The van der Waals surface area contributed by atoms with Gasteiger partial charge in [0.25, 0.3) is 0 Å². The fourth-order valence-electron chi connectivity index (χ4n) is 3.17. The molecule has 0 radical (unpaired) electrons. The first kappa shape index (κ1) is 20.5. The molecule has 0 unspecified atom stereocenters. The van der Waals surface area contributed by atoms with Crippen molar-refractivity contribution in [3.8, 4) is 0 Å². The molecule has 0 spiro atoms. The van der Waals surface area contributed by atoms with Crippen LogP contribution in [0.5, 0.6) is 0 Å². The third kappa shape index (κ3) is 3.87. The van der Waals surface area contributed by atoms with Crippen LogP contribution in [-0.2, 0) is 20.8 Å². The highest BCUT2D eigenvalue weighted by molar-refractivity contribution is 6.32. The summed E-state index contributed by atoms with van der Waals surface area (Å²) in [5.41, 5.74) is 2.26. The van der Waals surface area contributed by atoms with Crippen LogP contribution in [0.4, 0.5) is 13.6 Å². The molecule has 0 saturated carbocycles. The summed E-state index contributed by atoms with van der Waals surface area (Å²) in [7, 11) is 0. The van der Waals surface area contributed by atoms with Gasteiger partial charge in [-0.1, -0.05) is 28.8 Å². The number of carbonyl (C=O) groups excluding carboxylic acids is 3. The number of aromatic amines is 1. The smallest absolute Gasteiger partial charge is 0.360 e. The molecular weight excluding hydrogens is 432 g/mol. The second kappa shape index (κ2) is 7.84. The molecule has 1 aliphatic rings. The maximum Gasteiger partial charge on any atom is 0.363 e. The first-order chi connectivity index (χ1) is 14.7. The monoisotopic (exact) mass is 445 g/mol. The van der Waals surface area contributed by atoms with E-state index in [4.69, 9.17) is 16.4 Å². The zero-order valence-electron chi connectivity index (χ0n) is 16.0. The number of carbonyl (C=O) groups is 3. The molecule has 0 aliphatic carbocycles. The van der Waals surface area contributed by atoms with E-state index in [0.29, 0.717) is 10.6 Å². The van der Waals surface area contributed by atoms with Crippen molar-refractivity contribution >= 4 is 46.5 Å². The van der Waals surface area contributed by atoms with E-state index in [1.54, 1.807) is 18.3 Å². The zero-order chi connectivity index (χ0) is 22.3. The molecule has 10 heteroatoms. The maximum atomic E-state index is 13.3. The Morgan fingerprint density at radius 2 is 1.97 bits per heavy atom. The van der Waals surface area contributed by atoms with E-state index in [9.17, 15) is 23.2 Å². The molecule has 0 bridgehead atoms. The van der Waals surface area contributed by atoms with Crippen LogP contribution >= 0.6 is 11.6 Å². The van der Waals surface area contributed by atoms with Crippen molar-refractivity contribution in [3.05, 3.63) is 75.6 Å². The van der Waals surface area contributed by atoms with Gasteiger partial charge in [0.2, 0.25) is 0 Å². The SMILES string of the molecule is Cc1c(Cl)ccc2c(/C=C3\NC(=O)N(OC(=O)Cc4ccc(F)c(F)c4)C3=O)c[nH]c12. The van der Waals surface area contributed by atoms with Gasteiger partial charge in [-0.3, -0.25) is 10.1 Å². The molecule has 3 aromatic rings. The lowest BCUT2D eigenvalue weighted by Gasteiger charge is -2.11. The lowest BCUT2D eigenvalue weighted by molar-refractivity contribution is -0.180. The van der Waals surface area contributed by atoms with Crippen LogP contribution in [0.25, 0.3) is 17.0 Å². The molecule has 3 amide bonds. The predicted molar refractivity (Wildman–Crippen MR) is 108 cm³/mol. The van der Waals surface area contributed by atoms with Gasteiger partial charge in [0.15, 0.2) is 11.6 Å². The topological polar surface area (TPSA) is 91.5 Å². The quantitative estimate of drug-likeness (QED) is 0.469. The van der Waals surface area contributed by atoms with Gasteiger partial charge in [0.1, 0.15) is 5.70 Å². The van der Waals surface area contributed by atoms with E-state index in [0.717, 1.165) is 28.6 Å². The fourth-order valence-corrected chi connectivity index (χ4v) is 3.33. The van der Waals surface area contributed by atoms with Gasteiger partial charge in [-0.25, -0.2) is 18.4 Å². The summed E-state index contributed by atoms with van der Waals surface area (Å²) in [5, 5.41) is 3.99. The molecule has 0 atom stereocenters. The average molecular weight is 446 g/mol. The number of urea groups is 1. The number of rotatable bonds is 4. The van der Waals surface area contributed by atoms with Crippen LogP contribution in [0.2, 0.25) is 5.02 Å². The van der Waals surface area contributed by atoms with Crippen molar-refractivity contribution in [2.24, 2.45) is 0 Å². The van der Waals surface area contributed by atoms with Crippen molar-refractivity contribution < 1.29 is 28.0 Å². The van der Waals surface area contributed by atoms with Crippen molar-refractivity contribution in [2.45, 2.75) is 13.3 Å². The molecule has 31 heavy (non-hydrogen) atoms. The molecule has 1 fully saturated rings. The van der Waals surface area contributed by atoms with Gasteiger partial charge in [-0.05, 0) is 42.3 Å². The van der Waals surface area contributed by atoms with Gasteiger partial charge < -0.3 is 9.82 Å². The van der Waals surface area contributed by atoms with Gasteiger partial charge in [-0.15, -0.1) is 0 Å². The third-order valence-corrected chi connectivity index (χ3v) is 5.16. The summed E-state index contributed by atoms with van der Waals surface area (Å²) in [6.45, 7) is 1.84. The summed E-state index contributed by atoms with van der Waals surface area (Å²) >= 11 is 6.11. The molecule has 1 aliphatic heterocycles. The van der Waals surface area contributed by atoms with E-state index in [2.05, 4.69) is 10.3 Å². The molecule has 158 valence electrons. The van der Waals surface area contributed by atoms with Crippen LogP contribution in [0.3, 0.4) is 0 Å². The lowest BCUT2D eigenvalue weighted by Crippen LogP contribution is -2.34. The number of fused-ring (bicyclic) bond motifs is 1. The normalized spacial score (nSPS) is 15.1. The molecule has 1 aromatic heterocycles. The van der Waals surface area contributed by atoms with E-state index < -0.39 is 36.0 Å². The first-order valence-electron chi connectivity index (χ1n) is 9.02. The van der Waals surface area contributed by atoms with Crippen LogP contribution in [-0.4, -0.2) is 28.0 Å². The number of imide groups is 1. The molecule has 2 heterocycles. The number of nitrogens with zero attached hydrogens (tertiary/aromatic N) is 1. The van der Waals surface area contributed by atoms with E-state index in [1.165, 1.54) is 12.1 Å². The Kier molecular flexibility index (Phi) is 5.20. The second-order valence-electron chi connectivity index (χ2n) is 6.82. The molecule has 2 aromatic carbocycles. The number of amides is 3. The van der Waals surface area contributed by atoms with Gasteiger partial charge in [-0.2, -0.15) is 0 Å². The predicted octanol–water partition coefficient (Wildman–Crippen LogP) is 4.00. The number of aromatic nitrogens is 1. The largest absolute Gasteiger partial charge is 0.363 e. The van der Waals surface area contributed by atoms with Crippen LogP contribution in [0.1, 0.15) is 16.7 Å². The summed E-state index contributed by atoms with van der Waals surface area (Å²) < 4.78 is 26.3. The number of hydrogen-bond acceptors (Lipinski definition) is 4. The summed E-state index contributed by atoms with van der Waals surface area (Å²) in [6.07, 6.45) is 2.63. The Hall–Kier alpha value is -3.72. The fraction of sp³-hybridized carbons (Fsp3) is 0.0952. The Bertz CT molecular complexity index is 1290. The number of H-pyrrole nitrogens is 1. The van der Waals surface area contributed by atoms with E-state index in [-0.39, 0.29) is 16.3 Å². The molecule has 2 N–H and O–H groups in total. The molecular formula is C21H14ClF2N3O4. The van der Waals surface area contributed by atoms with E-state index >= 15 is 0 Å². The minimum atomic E-state index is -1.12. The minimum absolute atomic E-state index is 0.0980. The van der Waals surface area contributed by atoms with Gasteiger partial charge in [0.05, 0.1) is 11.9 Å². The van der Waals surface area contributed by atoms with Crippen molar-refractivity contribution in [2.75, 3.05) is 0 Å². The zero-order valence-corrected chi connectivity index (χ0v) is 16.7. The van der Waals surface area contributed by atoms with Crippen molar-refractivity contribution in [3.63, 3.8) is 0 Å². The second-order valence-corrected chi connectivity index (χ2v) is 7.22.